The smallest absolute Gasteiger partial charge is 0.245 e. The second-order valence-corrected chi connectivity index (χ2v) is 9.11. The van der Waals surface area contributed by atoms with Crippen LogP contribution in [0, 0.1) is 24.7 Å². The van der Waals surface area contributed by atoms with E-state index in [1.807, 2.05) is 42.1 Å². The van der Waals surface area contributed by atoms with Gasteiger partial charge in [-0.25, -0.2) is 9.67 Å². The molecule has 3 aromatic rings. The van der Waals surface area contributed by atoms with Gasteiger partial charge in [0.25, 0.3) is 0 Å². The molecule has 1 saturated heterocycles. The molecule has 5 unspecified atom stereocenters. The molecule has 0 radical (unpaired) electrons. The Labute approximate surface area is 180 Å². The van der Waals surface area contributed by atoms with Gasteiger partial charge in [-0.3, -0.25) is 4.79 Å². The number of carbonyl (C=O) groups is 1. The molecule has 8 heteroatoms. The molecule has 8 nitrogen and oxygen atoms in total. The van der Waals surface area contributed by atoms with Crippen LogP contribution < -0.4 is 10.1 Å². The van der Waals surface area contributed by atoms with E-state index in [9.17, 15) is 4.79 Å². The number of aryl methyl sites for hydroxylation is 1. The summed E-state index contributed by atoms with van der Waals surface area (Å²) in [4.78, 5) is 17.2. The van der Waals surface area contributed by atoms with Gasteiger partial charge in [0.05, 0.1) is 31.0 Å². The predicted octanol–water partition coefficient (Wildman–Crippen LogP) is 2.92. The topological polar surface area (TPSA) is 86.9 Å². The van der Waals surface area contributed by atoms with E-state index in [0.29, 0.717) is 23.8 Å². The highest BCUT2D eigenvalue weighted by Crippen LogP contribution is 2.53. The average molecular weight is 419 g/mol. The lowest BCUT2D eigenvalue weighted by molar-refractivity contribution is -0.128. The summed E-state index contributed by atoms with van der Waals surface area (Å²) in [5.41, 5.74) is 3.50. The first kappa shape index (κ1) is 18.6. The number of benzene rings is 1. The zero-order valence-electron chi connectivity index (χ0n) is 17.7. The summed E-state index contributed by atoms with van der Waals surface area (Å²) in [5, 5.41) is 12.1. The third kappa shape index (κ3) is 2.88. The normalized spacial score (nSPS) is 29.1. The highest BCUT2D eigenvalue weighted by molar-refractivity contribution is 5.82. The van der Waals surface area contributed by atoms with Crippen molar-refractivity contribution in [1.82, 2.24) is 29.9 Å². The lowest BCUT2D eigenvalue weighted by atomic mass is 9.86. The molecular weight excluding hydrogens is 392 g/mol. The first-order valence-corrected chi connectivity index (χ1v) is 11.0. The number of imidazole rings is 1. The number of rotatable bonds is 4. The van der Waals surface area contributed by atoms with E-state index in [-0.39, 0.29) is 11.9 Å². The third-order valence-electron chi connectivity index (χ3n) is 7.48. The van der Waals surface area contributed by atoms with Gasteiger partial charge in [0.15, 0.2) is 0 Å². The van der Waals surface area contributed by atoms with E-state index in [1.54, 1.807) is 18.1 Å². The highest BCUT2D eigenvalue weighted by atomic mass is 16.5. The summed E-state index contributed by atoms with van der Waals surface area (Å²) in [6.45, 7) is 1.96. The Morgan fingerprint density at radius 2 is 2.03 bits per heavy atom. The molecule has 160 valence electrons. The quantitative estimate of drug-likeness (QED) is 0.704. The number of fused-ring (bicyclic) bond motifs is 5. The maximum atomic E-state index is 12.9. The molecule has 1 aliphatic heterocycles. The van der Waals surface area contributed by atoms with E-state index < -0.39 is 0 Å². The highest BCUT2D eigenvalue weighted by Gasteiger charge is 2.54. The summed E-state index contributed by atoms with van der Waals surface area (Å²) in [6, 6.07) is 6.04. The molecule has 2 bridgehead atoms. The fourth-order valence-corrected chi connectivity index (χ4v) is 6.15. The lowest BCUT2D eigenvalue weighted by Crippen LogP contribution is -2.46. The summed E-state index contributed by atoms with van der Waals surface area (Å²) >= 11 is 0. The van der Waals surface area contributed by atoms with E-state index in [2.05, 4.69) is 20.6 Å². The van der Waals surface area contributed by atoms with Crippen LogP contribution in [0.25, 0.3) is 16.9 Å². The van der Waals surface area contributed by atoms with Gasteiger partial charge in [-0.05, 0) is 56.1 Å². The Kier molecular flexibility index (Phi) is 4.16. The Morgan fingerprint density at radius 3 is 2.84 bits per heavy atom. The van der Waals surface area contributed by atoms with E-state index >= 15 is 0 Å². The Balaban J connectivity index is 1.32. The molecule has 3 aliphatic rings. The Bertz CT molecular complexity index is 1150. The van der Waals surface area contributed by atoms with Crippen LogP contribution >= 0.6 is 0 Å². The zero-order chi connectivity index (χ0) is 21.1. The number of hydrogen-bond donors (Lipinski definition) is 1. The van der Waals surface area contributed by atoms with Crippen LogP contribution in [0.1, 0.15) is 37.4 Å². The molecule has 2 aliphatic carbocycles. The van der Waals surface area contributed by atoms with Crippen LogP contribution in [0.5, 0.6) is 5.75 Å². The summed E-state index contributed by atoms with van der Waals surface area (Å²) in [7, 11) is 1.66. The van der Waals surface area contributed by atoms with E-state index in [4.69, 9.17) is 4.74 Å². The zero-order valence-corrected chi connectivity index (χ0v) is 17.7. The van der Waals surface area contributed by atoms with Gasteiger partial charge in [0.1, 0.15) is 17.5 Å². The molecule has 2 saturated carbocycles. The standard InChI is InChI=1S/C23H26N6O2/c1-13-10-28(12-24-13)20-7-6-14(8-21(20)31-2)19-11-29(27-26-19)22-17-9-18(25-23(22)30)16-5-3-4-15(16)17/h6-8,10-12,15-18,22H,3-5,9H2,1-2H3,(H,25,30). The Hall–Kier alpha value is -3.16. The van der Waals surface area contributed by atoms with Crippen molar-refractivity contribution in [2.24, 2.45) is 17.8 Å². The number of hydrogen-bond acceptors (Lipinski definition) is 5. The van der Waals surface area contributed by atoms with Crippen molar-refractivity contribution >= 4 is 5.91 Å². The van der Waals surface area contributed by atoms with Gasteiger partial charge >= 0.3 is 0 Å². The molecule has 31 heavy (non-hydrogen) atoms. The van der Waals surface area contributed by atoms with Crippen molar-refractivity contribution in [3.05, 3.63) is 42.6 Å². The van der Waals surface area contributed by atoms with Crippen molar-refractivity contribution in [2.75, 3.05) is 7.11 Å². The fraction of sp³-hybridized carbons (Fsp3) is 0.478. The number of nitrogens with zero attached hydrogens (tertiary/aromatic N) is 5. The maximum Gasteiger partial charge on any atom is 0.245 e. The minimum Gasteiger partial charge on any atom is -0.495 e. The molecule has 6 rings (SSSR count). The number of carbonyl (C=O) groups excluding carboxylic acids is 1. The SMILES string of the molecule is COc1cc(-c2cn(C3C(=O)NC4CC3C3CCCC43)nn2)ccc1-n1cnc(C)c1. The second kappa shape index (κ2) is 6.93. The van der Waals surface area contributed by atoms with Gasteiger partial charge in [0, 0.05) is 17.8 Å². The van der Waals surface area contributed by atoms with E-state index in [1.165, 1.54) is 19.3 Å². The van der Waals surface area contributed by atoms with Crippen molar-refractivity contribution in [2.45, 2.75) is 44.7 Å². The predicted molar refractivity (Wildman–Crippen MR) is 114 cm³/mol. The first-order chi connectivity index (χ1) is 15.1. The summed E-state index contributed by atoms with van der Waals surface area (Å²) in [5.74, 6) is 2.45. The number of methoxy groups -OCH3 is 1. The molecule has 2 aromatic heterocycles. The number of amides is 1. The van der Waals surface area contributed by atoms with Gasteiger partial charge < -0.3 is 14.6 Å². The van der Waals surface area contributed by atoms with Gasteiger partial charge in [0.2, 0.25) is 5.91 Å². The van der Waals surface area contributed by atoms with Gasteiger partial charge in [-0.1, -0.05) is 17.7 Å². The van der Waals surface area contributed by atoms with Crippen LogP contribution in [0.4, 0.5) is 0 Å². The largest absolute Gasteiger partial charge is 0.495 e. The molecule has 1 N–H and O–H groups in total. The summed E-state index contributed by atoms with van der Waals surface area (Å²) in [6.07, 6.45) is 10.4. The monoisotopic (exact) mass is 418 g/mol. The number of nitrogens with one attached hydrogen (secondary N) is 1. The number of piperidine rings is 1. The fourth-order valence-electron chi connectivity index (χ4n) is 6.15. The molecule has 1 amide bonds. The van der Waals surface area contributed by atoms with Crippen molar-refractivity contribution < 1.29 is 9.53 Å². The second-order valence-electron chi connectivity index (χ2n) is 9.11. The van der Waals surface area contributed by atoms with Gasteiger partial charge in [-0.2, -0.15) is 0 Å². The summed E-state index contributed by atoms with van der Waals surface area (Å²) < 4.78 is 9.35. The molecule has 3 fully saturated rings. The number of aromatic nitrogens is 5. The minimum atomic E-state index is -0.263. The van der Waals surface area contributed by atoms with Crippen LogP contribution in [0.2, 0.25) is 0 Å². The van der Waals surface area contributed by atoms with Crippen LogP contribution in [0.3, 0.4) is 0 Å². The third-order valence-corrected chi connectivity index (χ3v) is 7.48. The first-order valence-electron chi connectivity index (χ1n) is 11.0. The molecule has 0 spiro atoms. The van der Waals surface area contributed by atoms with Crippen LogP contribution in [0.15, 0.2) is 36.9 Å². The molecule has 3 heterocycles. The Morgan fingerprint density at radius 1 is 1.16 bits per heavy atom. The van der Waals surface area contributed by atoms with E-state index in [0.717, 1.165) is 34.8 Å². The van der Waals surface area contributed by atoms with Crippen molar-refractivity contribution in [3.8, 4) is 22.7 Å². The van der Waals surface area contributed by atoms with Crippen LogP contribution in [-0.4, -0.2) is 43.6 Å². The maximum absolute atomic E-state index is 12.9. The minimum absolute atomic E-state index is 0.0931. The van der Waals surface area contributed by atoms with Crippen molar-refractivity contribution in [3.63, 3.8) is 0 Å². The van der Waals surface area contributed by atoms with Crippen molar-refractivity contribution in [1.29, 1.82) is 0 Å². The van der Waals surface area contributed by atoms with Crippen LogP contribution in [-0.2, 0) is 4.79 Å². The molecule has 5 atom stereocenters. The lowest BCUT2D eigenvalue weighted by Gasteiger charge is -2.30. The molecule has 1 aromatic carbocycles. The molecular formula is C23H26N6O2. The number of ether oxygens (including phenoxy) is 1. The average Bonchev–Trinajstić information content (AvgIpc) is 3.55. The van der Waals surface area contributed by atoms with Gasteiger partial charge in [-0.15, -0.1) is 5.10 Å².